The lowest BCUT2D eigenvalue weighted by Gasteiger charge is -2.33. The third-order valence-electron chi connectivity index (χ3n) is 2.95. The van der Waals surface area contributed by atoms with Crippen LogP contribution in [0.3, 0.4) is 0 Å². The second-order valence-electron chi connectivity index (χ2n) is 4.26. The molecule has 1 saturated heterocycles. The monoisotopic (exact) mass is 240 g/mol. The maximum absolute atomic E-state index is 11.7. The minimum Gasteiger partial charge on any atom is -0.465 e. The van der Waals surface area contributed by atoms with E-state index in [0.29, 0.717) is 13.1 Å². The predicted molar refractivity (Wildman–Crippen MR) is 57.9 cm³/mol. The zero-order valence-corrected chi connectivity index (χ0v) is 9.85. The fourth-order valence-corrected chi connectivity index (χ4v) is 1.94. The number of hydrogen-bond donors (Lipinski definition) is 0. The van der Waals surface area contributed by atoms with E-state index in [1.807, 2.05) is 0 Å². The molecule has 0 aromatic rings. The molecular formula is C11H16N2O4. The number of rotatable bonds is 4. The van der Waals surface area contributed by atoms with Crippen LogP contribution in [0.4, 0.5) is 0 Å². The highest BCUT2D eigenvalue weighted by atomic mass is 16.5. The highest BCUT2D eigenvalue weighted by Crippen LogP contribution is 2.28. The smallest absolute Gasteiger partial charge is 0.325 e. The number of carbonyl (C=O) groups is 3. The quantitative estimate of drug-likeness (QED) is 0.485. The standard InChI is InChI=1S/C11H16N2O4/c1-2-17-9(14)7-12-5-6-13(8-3-4-8)11(16)10(12)15/h8H,2-7H2,1H3. The molecule has 2 amide bonds. The summed E-state index contributed by atoms with van der Waals surface area (Å²) in [5.74, 6) is -1.53. The molecule has 0 spiro atoms. The Bertz CT molecular complexity index is 351. The van der Waals surface area contributed by atoms with E-state index in [0.717, 1.165) is 12.8 Å². The summed E-state index contributed by atoms with van der Waals surface area (Å²) in [6.07, 6.45) is 1.97. The minimum atomic E-state index is -0.587. The largest absolute Gasteiger partial charge is 0.465 e. The lowest BCUT2D eigenvalue weighted by Crippen LogP contribution is -2.56. The van der Waals surface area contributed by atoms with Crippen molar-refractivity contribution >= 4 is 17.8 Å². The third kappa shape index (κ3) is 2.57. The highest BCUT2D eigenvalue weighted by molar-refractivity contribution is 6.35. The average Bonchev–Trinajstić information content (AvgIpc) is 3.09. The van der Waals surface area contributed by atoms with Crippen LogP contribution in [0, 0.1) is 0 Å². The van der Waals surface area contributed by atoms with Crippen LogP contribution in [-0.4, -0.2) is 59.9 Å². The Morgan fingerprint density at radius 1 is 1.29 bits per heavy atom. The number of ether oxygens (including phenoxy) is 1. The summed E-state index contributed by atoms with van der Waals surface area (Å²) in [5.41, 5.74) is 0. The second-order valence-corrected chi connectivity index (χ2v) is 4.26. The van der Waals surface area contributed by atoms with Gasteiger partial charge in [0.15, 0.2) is 0 Å². The van der Waals surface area contributed by atoms with Crippen molar-refractivity contribution in [3.63, 3.8) is 0 Å². The summed E-state index contributed by atoms with van der Waals surface area (Å²) in [6.45, 7) is 2.80. The molecule has 6 heteroatoms. The Labute approximate surface area is 99.5 Å². The molecule has 2 rings (SSSR count). The number of piperazine rings is 1. The molecule has 1 saturated carbocycles. The molecule has 0 unspecified atom stereocenters. The van der Waals surface area contributed by atoms with Gasteiger partial charge in [0.05, 0.1) is 6.61 Å². The van der Waals surface area contributed by atoms with Gasteiger partial charge in [-0.2, -0.15) is 0 Å². The molecule has 2 aliphatic rings. The van der Waals surface area contributed by atoms with Gasteiger partial charge in [-0.1, -0.05) is 0 Å². The SMILES string of the molecule is CCOC(=O)CN1CCN(C2CC2)C(=O)C1=O. The van der Waals surface area contributed by atoms with Gasteiger partial charge in [0.25, 0.3) is 0 Å². The van der Waals surface area contributed by atoms with E-state index in [-0.39, 0.29) is 19.2 Å². The number of nitrogens with zero attached hydrogens (tertiary/aromatic N) is 2. The molecule has 0 atom stereocenters. The van der Waals surface area contributed by atoms with Crippen LogP contribution in [0.1, 0.15) is 19.8 Å². The zero-order chi connectivity index (χ0) is 12.4. The minimum absolute atomic E-state index is 0.128. The Morgan fingerprint density at radius 2 is 2.00 bits per heavy atom. The number of esters is 1. The normalized spacial score (nSPS) is 20.8. The fourth-order valence-electron chi connectivity index (χ4n) is 1.94. The topological polar surface area (TPSA) is 66.9 Å². The summed E-state index contributed by atoms with van der Waals surface area (Å²) in [7, 11) is 0. The van der Waals surface area contributed by atoms with Crippen molar-refractivity contribution in [2.75, 3.05) is 26.2 Å². The summed E-state index contributed by atoms with van der Waals surface area (Å²) in [4.78, 5) is 37.6. The third-order valence-corrected chi connectivity index (χ3v) is 2.95. The Morgan fingerprint density at radius 3 is 2.59 bits per heavy atom. The van der Waals surface area contributed by atoms with Crippen molar-refractivity contribution in [3.05, 3.63) is 0 Å². The molecule has 0 aromatic carbocycles. The fraction of sp³-hybridized carbons (Fsp3) is 0.727. The first-order valence-corrected chi connectivity index (χ1v) is 5.89. The van der Waals surface area contributed by atoms with E-state index in [1.165, 1.54) is 4.90 Å². The molecule has 0 bridgehead atoms. The number of amides is 2. The zero-order valence-electron chi connectivity index (χ0n) is 9.85. The molecule has 0 N–H and O–H groups in total. The van der Waals surface area contributed by atoms with Crippen molar-refractivity contribution in [2.24, 2.45) is 0 Å². The first-order chi connectivity index (χ1) is 8.13. The van der Waals surface area contributed by atoms with Crippen LogP contribution in [0.5, 0.6) is 0 Å². The summed E-state index contributed by atoms with van der Waals surface area (Å²) in [6, 6.07) is 0.246. The maximum Gasteiger partial charge on any atom is 0.325 e. The molecule has 6 nitrogen and oxygen atoms in total. The van der Waals surface area contributed by atoms with Gasteiger partial charge < -0.3 is 14.5 Å². The maximum atomic E-state index is 11.7. The van der Waals surface area contributed by atoms with Gasteiger partial charge in [-0.3, -0.25) is 14.4 Å². The van der Waals surface area contributed by atoms with E-state index in [4.69, 9.17) is 4.74 Å². The molecule has 17 heavy (non-hydrogen) atoms. The lowest BCUT2D eigenvalue weighted by atomic mass is 10.3. The van der Waals surface area contributed by atoms with Crippen LogP contribution < -0.4 is 0 Å². The van der Waals surface area contributed by atoms with E-state index < -0.39 is 17.8 Å². The van der Waals surface area contributed by atoms with E-state index in [1.54, 1.807) is 11.8 Å². The predicted octanol–water partition coefficient (Wildman–Crippen LogP) is -0.617. The molecule has 1 aliphatic carbocycles. The van der Waals surface area contributed by atoms with Crippen LogP contribution >= 0.6 is 0 Å². The molecule has 0 aromatic heterocycles. The van der Waals surface area contributed by atoms with E-state index >= 15 is 0 Å². The molecule has 1 aliphatic heterocycles. The van der Waals surface area contributed by atoms with Crippen LogP contribution in [-0.2, 0) is 19.1 Å². The summed E-state index contributed by atoms with van der Waals surface area (Å²) >= 11 is 0. The van der Waals surface area contributed by atoms with Crippen molar-refractivity contribution in [1.82, 2.24) is 9.80 Å². The number of hydrogen-bond acceptors (Lipinski definition) is 4. The van der Waals surface area contributed by atoms with Crippen molar-refractivity contribution in [1.29, 1.82) is 0 Å². The Kier molecular flexibility index (Phi) is 3.31. The van der Waals surface area contributed by atoms with Gasteiger partial charge in [0.1, 0.15) is 6.54 Å². The molecule has 2 fully saturated rings. The first-order valence-electron chi connectivity index (χ1n) is 5.89. The average molecular weight is 240 g/mol. The summed E-state index contributed by atoms with van der Waals surface area (Å²) in [5, 5.41) is 0. The van der Waals surface area contributed by atoms with Gasteiger partial charge in [-0.15, -0.1) is 0 Å². The van der Waals surface area contributed by atoms with Crippen LogP contribution in [0.2, 0.25) is 0 Å². The lowest BCUT2D eigenvalue weighted by molar-refractivity contribution is -0.160. The number of carbonyl (C=O) groups excluding carboxylic acids is 3. The second kappa shape index (κ2) is 4.73. The molecule has 94 valence electrons. The molecule has 0 radical (unpaired) electrons. The Hall–Kier alpha value is -1.59. The van der Waals surface area contributed by atoms with Crippen molar-refractivity contribution < 1.29 is 19.1 Å². The Balaban J connectivity index is 1.91. The van der Waals surface area contributed by atoms with Gasteiger partial charge in [-0.25, -0.2) is 0 Å². The summed E-state index contributed by atoms with van der Waals surface area (Å²) < 4.78 is 4.76. The van der Waals surface area contributed by atoms with Gasteiger partial charge in [0.2, 0.25) is 0 Å². The van der Waals surface area contributed by atoms with Gasteiger partial charge in [-0.05, 0) is 19.8 Å². The molecular weight excluding hydrogens is 224 g/mol. The van der Waals surface area contributed by atoms with E-state index in [9.17, 15) is 14.4 Å². The molecule has 1 heterocycles. The highest BCUT2D eigenvalue weighted by Gasteiger charge is 2.40. The van der Waals surface area contributed by atoms with Gasteiger partial charge >= 0.3 is 17.8 Å². The van der Waals surface area contributed by atoms with Gasteiger partial charge in [0, 0.05) is 19.1 Å². The first kappa shape index (κ1) is 11.9. The van der Waals surface area contributed by atoms with E-state index in [2.05, 4.69) is 0 Å². The van der Waals surface area contributed by atoms with Crippen molar-refractivity contribution in [2.45, 2.75) is 25.8 Å². The van der Waals surface area contributed by atoms with Crippen LogP contribution in [0.25, 0.3) is 0 Å². The van der Waals surface area contributed by atoms with Crippen LogP contribution in [0.15, 0.2) is 0 Å². The van der Waals surface area contributed by atoms with Crippen molar-refractivity contribution in [3.8, 4) is 0 Å².